The van der Waals surface area contributed by atoms with Crippen LogP contribution in [0.15, 0.2) is 88.7 Å². The number of anilines is 1. The lowest BCUT2D eigenvalue weighted by atomic mass is 10.2. The smallest absolute Gasteiger partial charge is 0.189 e. The van der Waals surface area contributed by atoms with E-state index in [2.05, 4.69) is 17.2 Å². The van der Waals surface area contributed by atoms with Gasteiger partial charge in [0.25, 0.3) is 0 Å². The van der Waals surface area contributed by atoms with Gasteiger partial charge in [-0.15, -0.1) is 5.10 Å². The van der Waals surface area contributed by atoms with Gasteiger partial charge in [-0.25, -0.2) is 9.67 Å². The first-order valence-electron chi connectivity index (χ1n) is 9.50. The molecule has 3 N–H and O–H groups in total. The van der Waals surface area contributed by atoms with Crippen LogP contribution in [0.1, 0.15) is 0 Å². The SMILES string of the molecule is N=c1c2c(N)n(-c3ccccc3)nc2nc2n1-c1ccccc1Sc1ccccc1-2. The molecular weight excluding hydrogens is 392 g/mol. The molecule has 0 radical (unpaired) electrons. The van der Waals surface area contributed by atoms with Gasteiger partial charge in [0, 0.05) is 15.4 Å². The summed E-state index contributed by atoms with van der Waals surface area (Å²) in [6, 6.07) is 25.9. The molecular formula is C23H16N6S. The van der Waals surface area contributed by atoms with E-state index < -0.39 is 0 Å². The molecule has 0 unspecified atom stereocenters. The molecule has 144 valence electrons. The fourth-order valence-electron chi connectivity index (χ4n) is 3.86. The van der Waals surface area contributed by atoms with E-state index in [1.165, 1.54) is 0 Å². The van der Waals surface area contributed by atoms with Gasteiger partial charge in [-0.05, 0) is 30.3 Å². The maximum Gasteiger partial charge on any atom is 0.189 e. The Bertz CT molecular complexity index is 1500. The van der Waals surface area contributed by atoms with Crippen LogP contribution >= 0.6 is 11.8 Å². The number of para-hydroxylation sites is 2. The van der Waals surface area contributed by atoms with Crippen LogP contribution in [0.3, 0.4) is 0 Å². The summed E-state index contributed by atoms with van der Waals surface area (Å²) >= 11 is 1.68. The average Bonchev–Trinajstić information content (AvgIpc) is 3.04. The second kappa shape index (κ2) is 6.33. The number of hydrogen-bond donors (Lipinski definition) is 2. The molecule has 0 aliphatic carbocycles. The van der Waals surface area contributed by atoms with Crippen LogP contribution in [0.25, 0.3) is 33.8 Å². The highest BCUT2D eigenvalue weighted by Crippen LogP contribution is 2.42. The number of nitrogens with two attached hydrogens (primary N) is 1. The molecule has 1 aliphatic heterocycles. The molecule has 3 heterocycles. The maximum atomic E-state index is 9.08. The van der Waals surface area contributed by atoms with Gasteiger partial charge in [0.05, 0.1) is 11.4 Å². The van der Waals surface area contributed by atoms with E-state index in [9.17, 15) is 0 Å². The Morgan fingerprint density at radius 3 is 2.37 bits per heavy atom. The molecule has 0 saturated carbocycles. The second-order valence-electron chi connectivity index (χ2n) is 7.02. The molecule has 30 heavy (non-hydrogen) atoms. The summed E-state index contributed by atoms with van der Waals surface area (Å²) in [4.78, 5) is 7.06. The highest BCUT2D eigenvalue weighted by Gasteiger charge is 2.24. The number of hydrogen-bond acceptors (Lipinski definition) is 5. The zero-order chi connectivity index (χ0) is 20.2. The predicted octanol–water partition coefficient (Wildman–Crippen LogP) is 4.40. The summed E-state index contributed by atoms with van der Waals surface area (Å²) in [7, 11) is 0. The van der Waals surface area contributed by atoms with Gasteiger partial charge < -0.3 is 5.73 Å². The summed E-state index contributed by atoms with van der Waals surface area (Å²) in [5.74, 6) is 1.10. The van der Waals surface area contributed by atoms with Crippen molar-refractivity contribution in [2.75, 3.05) is 5.73 Å². The maximum absolute atomic E-state index is 9.08. The van der Waals surface area contributed by atoms with Crippen molar-refractivity contribution in [2.45, 2.75) is 9.79 Å². The van der Waals surface area contributed by atoms with Crippen molar-refractivity contribution in [2.24, 2.45) is 0 Å². The van der Waals surface area contributed by atoms with Crippen molar-refractivity contribution in [3.05, 3.63) is 84.4 Å². The third-order valence-electron chi connectivity index (χ3n) is 5.24. The zero-order valence-corrected chi connectivity index (χ0v) is 16.6. The molecule has 0 spiro atoms. The number of nitrogen functional groups attached to an aromatic ring is 1. The summed E-state index contributed by atoms with van der Waals surface area (Å²) in [6.07, 6.45) is 0. The average molecular weight is 408 g/mol. The third-order valence-corrected chi connectivity index (χ3v) is 6.38. The van der Waals surface area contributed by atoms with Gasteiger partial charge in [-0.3, -0.25) is 9.98 Å². The topological polar surface area (TPSA) is 85.5 Å². The van der Waals surface area contributed by atoms with Crippen LogP contribution in [0, 0.1) is 5.41 Å². The number of nitrogens with one attached hydrogen (secondary N) is 1. The number of rotatable bonds is 1. The lowest BCUT2D eigenvalue weighted by molar-refractivity contribution is 0.889. The molecule has 7 heteroatoms. The van der Waals surface area contributed by atoms with Crippen LogP contribution in [0.4, 0.5) is 5.82 Å². The lowest BCUT2D eigenvalue weighted by Crippen LogP contribution is -2.22. The lowest BCUT2D eigenvalue weighted by Gasteiger charge is -2.13. The van der Waals surface area contributed by atoms with Gasteiger partial charge >= 0.3 is 0 Å². The number of aromatic nitrogens is 4. The highest BCUT2D eigenvalue weighted by atomic mass is 32.2. The van der Waals surface area contributed by atoms with E-state index >= 15 is 0 Å². The van der Waals surface area contributed by atoms with Gasteiger partial charge in [0.2, 0.25) is 0 Å². The summed E-state index contributed by atoms with van der Waals surface area (Å²) in [6.45, 7) is 0. The molecule has 5 aromatic rings. The molecule has 0 bridgehead atoms. The molecule has 0 saturated heterocycles. The van der Waals surface area contributed by atoms with E-state index in [4.69, 9.17) is 16.1 Å². The van der Waals surface area contributed by atoms with Crippen molar-refractivity contribution >= 4 is 28.6 Å². The Hall–Kier alpha value is -3.84. The van der Waals surface area contributed by atoms with Gasteiger partial charge in [-0.2, -0.15) is 0 Å². The minimum Gasteiger partial charge on any atom is -0.383 e. The van der Waals surface area contributed by atoms with Crippen LogP contribution in [0.2, 0.25) is 0 Å². The Kier molecular flexibility index (Phi) is 3.60. The molecule has 0 fully saturated rings. The van der Waals surface area contributed by atoms with E-state index in [-0.39, 0.29) is 5.49 Å². The largest absolute Gasteiger partial charge is 0.383 e. The van der Waals surface area contributed by atoms with Crippen molar-refractivity contribution in [3.63, 3.8) is 0 Å². The van der Waals surface area contributed by atoms with Gasteiger partial charge in [-0.1, -0.05) is 60.3 Å². The molecule has 0 atom stereocenters. The number of fused-ring (bicyclic) bond motifs is 6. The van der Waals surface area contributed by atoms with Crippen molar-refractivity contribution in [1.29, 1.82) is 5.41 Å². The van der Waals surface area contributed by atoms with Crippen LogP contribution in [-0.2, 0) is 0 Å². The van der Waals surface area contributed by atoms with Gasteiger partial charge in [0.1, 0.15) is 22.5 Å². The molecule has 6 nitrogen and oxygen atoms in total. The summed E-state index contributed by atoms with van der Waals surface area (Å²) in [5.41, 5.74) is 9.95. The normalized spacial score (nSPS) is 12.1. The zero-order valence-electron chi connectivity index (χ0n) is 15.8. The van der Waals surface area contributed by atoms with E-state index in [0.717, 1.165) is 26.7 Å². The molecule has 1 aliphatic rings. The standard InChI is InChI=1S/C23H16N6S/c24-20-19-21(25)29(14-8-2-1-3-9-14)27-22(19)26-23-15-10-4-6-12-17(15)30-18-13-7-5-11-16(18)28(20)23/h1-13,24H,25H2. The van der Waals surface area contributed by atoms with Crippen LogP contribution < -0.4 is 11.2 Å². The van der Waals surface area contributed by atoms with Crippen molar-refractivity contribution in [1.82, 2.24) is 19.3 Å². The van der Waals surface area contributed by atoms with Crippen LogP contribution in [-0.4, -0.2) is 19.3 Å². The molecule has 0 amide bonds. The minimum absolute atomic E-state index is 0.277. The fourth-order valence-corrected chi connectivity index (χ4v) is 4.92. The quantitative estimate of drug-likeness (QED) is 0.422. The van der Waals surface area contributed by atoms with Crippen LogP contribution in [0.5, 0.6) is 0 Å². The predicted molar refractivity (Wildman–Crippen MR) is 118 cm³/mol. The monoisotopic (exact) mass is 408 g/mol. The Morgan fingerprint density at radius 1 is 0.833 bits per heavy atom. The molecule has 6 rings (SSSR count). The third kappa shape index (κ3) is 2.36. The number of benzene rings is 3. The first-order valence-corrected chi connectivity index (χ1v) is 10.3. The highest BCUT2D eigenvalue weighted by molar-refractivity contribution is 7.99. The second-order valence-corrected chi connectivity index (χ2v) is 8.10. The summed E-state index contributed by atoms with van der Waals surface area (Å²) < 4.78 is 3.53. The first-order chi connectivity index (χ1) is 14.7. The first kappa shape index (κ1) is 17.1. The Labute approximate surface area is 176 Å². The fraction of sp³-hybridized carbons (Fsp3) is 0. The molecule has 2 aromatic heterocycles. The number of nitrogens with zero attached hydrogens (tertiary/aromatic N) is 4. The van der Waals surface area contributed by atoms with E-state index in [0.29, 0.717) is 22.7 Å². The van der Waals surface area contributed by atoms with Crippen molar-refractivity contribution in [3.8, 4) is 22.8 Å². The van der Waals surface area contributed by atoms with E-state index in [1.54, 1.807) is 16.4 Å². The summed E-state index contributed by atoms with van der Waals surface area (Å²) in [5, 5.41) is 14.3. The Balaban J connectivity index is 1.76. The minimum atomic E-state index is 0.277. The van der Waals surface area contributed by atoms with E-state index in [1.807, 2.05) is 71.3 Å². The Morgan fingerprint density at radius 2 is 1.53 bits per heavy atom. The van der Waals surface area contributed by atoms with Gasteiger partial charge in [0.15, 0.2) is 5.65 Å². The van der Waals surface area contributed by atoms with Crippen molar-refractivity contribution < 1.29 is 0 Å². The molecule has 3 aromatic carbocycles.